The second-order valence-electron chi connectivity index (χ2n) is 7.06. The molecule has 0 spiro atoms. The fourth-order valence-corrected chi connectivity index (χ4v) is 2.43. The lowest BCUT2D eigenvalue weighted by Crippen LogP contribution is -2.51. The summed E-state index contributed by atoms with van der Waals surface area (Å²) in [5.41, 5.74) is 12.1. The van der Waals surface area contributed by atoms with Crippen LogP contribution in [0.5, 0.6) is 0 Å². The highest BCUT2D eigenvalue weighted by Crippen LogP contribution is 2.12. The molecule has 0 fully saturated rings. The minimum Gasteiger partial charge on any atom is -0.470 e. The van der Waals surface area contributed by atoms with Gasteiger partial charge in [-0.3, -0.25) is 14.4 Å². The van der Waals surface area contributed by atoms with E-state index in [2.05, 4.69) is 16.0 Å². The Hall–Kier alpha value is -3.08. The van der Waals surface area contributed by atoms with E-state index in [1.54, 1.807) is 38.1 Å². The first-order chi connectivity index (χ1) is 14.1. The highest BCUT2D eigenvalue weighted by molar-refractivity contribution is 6.55. The van der Waals surface area contributed by atoms with Gasteiger partial charge in [0.05, 0.1) is 6.04 Å². The molecule has 1 aromatic rings. The largest absolute Gasteiger partial charge is 0.470 e. The standard InChI is InChI=1S/C19H28BN5O5/c1-11(2)15(21)17(27)25-14(4-3-9-23-19(22)29)16(26)24-13-7-5-12(6-8-13)10-30-18(20)28/h5-8,11,14-15H,3-4,9-10,21H2,1-2H3,(H,24,26)(H,25,27)(H3,22,23,29)/t14-,15?/m0/s1. The first-order valence-corrected chi connectivity index (χ1v) is 9.51. The van der Waals surface area contributed by atoms with Gasteiger partial charge in [-0.2, -0.15) is 0 Å². The maximum atomic E-state index is 12.7. The lowest BCUT2D eigenvalue weighted by atomic mass is 10.0. The zero-order chi connectivity index (χ0) is 22.7. The zero-order valence-electron chi connectivity index (χ0n) is 17.1. The molecule has 10 nitrogen and oxygen atoms in total. The van der Waals surface area contributed by atoms with Gasteiger partial charge in [0.1, 0.15) is 12.6 Å². The molecule has 1 aromatic carbocycles. The van der Waals surface area contributed by atoms with E-state index < -0.39 is 35.8 Å². The number of hydrogen-bond acceptors (Lipinski definition) is 6. The van der Waals surface area contributed by atoms with E-state index in [0.29, 0.717) is 17.7 Å². The van der Waals surface area contributed by atoms with Gasteiger partial charge in [0.25, 0.3) is 0 Å². The van der Waals surface area contributed by atoms with Crippen molar-refractivity contribution in [3.63, 3.8) is 0 Å². The van der Waals surface area contributed by atoms with Crippen molar-refractivity contribution >= 4 is 37.2 Å². The van der Waals surface area contributed by atoms with Gasteiger partial charge in [-0.25, -0.2) is 4.79 Å². The molecule has 0 aliphatic heterocycles. The lowest BCUT2D eigenvalue weighted by Gasteiger charge is -2.22. The van der Waals surface area contributed by atoms with Crippen LogP contribution >= 0.6 is 0 Å². The zero-order valence-corrected chi connectivity index (χ0v) is 17.1. The van der Waals surface area contributed by atoms with E-state index >= 15 is 0 Å². The number of carbonyl (C=O) groups is 4. The topological polar surface area (TPSA) is 166 Å². The van der Waals surface area contributed by atoms with Crippen LogP contribution in [0.25, 0.3) is 0 Å². The van der Waals surface area contributed by atoms with Crippen molar-refractivity contribution < 1.29 is 23.9 Å². The highest BCUT2D eigenvalue weighted by Gasteiger charge is 2.25. The third kappa shape index (κ3) is 9.42. The molecule has 11 heteroatoms. The van der Waals surface area contributed by atoms with E-state index in [0.717, 1.165) is 0 Å². The molecule has 4 amide bonds. The van der Waals surface area contributed by atoms with E-state index in [1.807, 2.05) is 0 Å². The lowest BCUT2D eigenvalue weighted by molar-refractivity contribution is -0.128. The molecule has 0 aliphatic rings. The van der Waals surface area contributed by atoms with Gasteiger partial charge in [-0.05, 0) is 36.5 Å². The predicted octanol–water partition coefficient (Wildman–Crippen LogP) is 0.347. The third-order valence-electron chi connectivity index (χ3n) is 4.23. The van der Waals surface area contributed by atoms with Crippen LogP contribution in [0.3, 0.4) is 0 Å². The van der Waals surface area contributed by atoms with Gasteiger partial charge in [0.15, 0.2) is 0 Å². The summed E-state index contributed by atoms with van der Waals surface area (Å²) in [6, 6.07) is 4.32. The summed E-state index contributed by atoms with van der Waals surface area (Å²) in [6.45, 7) is 3.89. The number of amides is 4. The number of ether oxygens (including phenoxy) is 1. The van der Waals surface area contributed by atoms with Crippen molar-refractivity contribution in [3.05, 3.63) is 29.8 Å². The number of benzene rings is 1. The minimum atomic E-state index is -0.878. The normalized spacial score (nSPS) is 12.5. The second-order valence-corrected chi connectivity index (χ2v) is 7.06. The highest BCUT2D eigenvalue weighted by atomic mass is 16.5. The van der Waals surface area contributed by atoms with Crippen LogP contribution in [-0.2, 0) is 20.9 Å². The molecule has 0 aliphatic carbocycles. The number of anilines is 1. The van der Waals surface area contributed by atoms with E-state index in [9.17, 15) is 19.2 Å². The number of nitrogens with one attached hydrogen (secondary N) is 3. The van der Waals surface area contributed by atoms with Crippen molar-refractivity contribution in [1.82, 2.24) is 10.6 Å². The maximum absolute atomic E-state index is 12.7. The Bertz CT molecular complexity index is 741. The number of urea groups is 1. The van der Waals surface area contributed by atoms with Gasteiger partial charge >= 0.3 is 6.03 Å². The fraction of sp³-hybridized carbons (Fsp3) is 0.474. The first kappa shape index (κ1) is 25.0. The average Bonchev–Trinajstić information content (AvgIpc) is 2.68. The predicted molar refractivity (Wildman–Crippen MR) is 113 cm³/mol. The SMILES string of the molecule is [B]C(=O)OCc1ccc(NC(=O)[C@H](CCCNC(N)=O)NC(=O)C(N)C(C)C)cc1. The Kier molecular flexibility index (Phi) is 10.4. The molecule has 2 radical (unpaired) electrons. The summed E-state index contributed by atoms with van der Waals surface area (Å²) in [5.74, 6) is -1.84. The molecule has 0 aromatic heterocycles. The molecule has 30 heavy (non-hydrogen) atoms. The van der Waals surface area contributed by atoms with Crippen molar-refractivity contribution in [2.75, 3.05) is 11.9 Å². The van der Waals surface area contributed by atoms with Gasteiger partial charge < -0.3 is 32.2 Å². The molecule has 1 unspecified atom stereocenters. The molecule has 1 rings (SSSR count). The molecule has 0 heterocycles. The van der Waals surface area contributed by atoms with Crippen LogP contribution in [0.4, 0.5) is 15.3 Å². The van der Waals surface area contributed by atoms with Crippen LogP contribution < -0.4 is 27.4 Å². The van der Waals surface area contributed by atoms with Crippen molar-refractivity contribution in [2.45, 2.75) is 45.4 Å². The van der Waals surface area contributed by atoms with Gasteiger partial charge in [-0.15, -0.1) is 0 Å². The smallest absolute Gasteiger partial charge is 0.312 e. The summed E-state index contributed by atoms with van der Waals surface area (Å²) < 4.78 is 4.70. The Labute approximate surface area is 176 Å². The summed E-state index contributed by atoms with van der Waals surface area (Å²) in [7, 11) is 4.92. The number of carbonyl (C=O) groups excluding carboxylic acids is 4. The number of primary amides is 1. The Morgan fingerprint density at radius 3 is 2.27 bits per heavy atom. The van der Waals surface area contributed by atoms with Crippen LogP contribution in [0.2, 0.25) is 0 Å². The van der Waals surface area contributed by atoms with Gasteiger partial charge in [-0.1, -0.05) is 26.0 Å². The minimum absolute atomic E-state index is 0.0161. The van der Waals surface area contributed by atoms with E-state index in [4.69, 9.17) is 24.1 Å². The summed E-state index contributed by atoms with van der Waals surface area (Å²) in [6.07, 6.45) is 0.689. The van der Waals surface area contributed by atoms with Crippen molar-refractivity contribution in [3.8, 4) is 0 Å². The fourth-order valence-electron chi connectivity index (χ4n) is 2.43. The Morgan fingerprint density at radius 2 is 1.73 bits per heavy atom. The summed E-state index contributed by atoms with van der Waals surface area (Å²) in [4.78, 5) is 46.4. The van der Waals surface area contributed by atoms with Crippen LogP contribution in [-0.4, -0.2) is 50.2 Å². The molecular formula is C19H28BN5O5. The molecule has 0 saturated heterocycles. The number of nitrogens with two attached hydrogens (primary N) is 2. The molecule has 162 valence electrons. The quantitative estimate of drug-likeness (QED) is 0.257. The van der Waals surface area contributed by atoms with Crippen LogP contribution in [0.15, 0.2) is 24.3 Å². The van der Waals surface area contributed by atoms with Crippen molar-refractivity contribution in [2.24, 2.45) is 17.4 Å². The number of hydrogen-bond donors (Lipinski definition) is 5. The maximum Gasteiger partial charge on any atom is 0.312 e. The van der Waals surface area contributed by atoms with Gasteiger partial charge in [0.2, 0.25) is 25.5 Å². The molecule has 2 atom stereocenters. The van der Waals surface area contributed by atoms with Gasteiger partial charge in [0, 0.05) is 12.2 Å². The van der Waals surface area contributed by atoms with E-state index in [1.165, 1.54) is 0 Å². The van der Waals surface area contributed by atoms with Crippen LogP contribution in [0.1, 0.15) is 32.3 Å². The summed E-state index contributed by atoms with van der Waals surface area (Å²) >= 11 is 0. The molecular weight excluding hydrogens is 389 g/mol. The molecule has 0 bridgehead atoms. The third-order valence-corrected chi connectivity index (χ3v) is 4.23. The molecule has 0 saturated carbocycles. The summed E-state index contributed by atoms with van der Waals surface area (Å²) in [5, 5.41) is 7.81. The average molecular weight is 417 g/mol. The van der Waals surface area contributed by atoms with E-state index in [-0.39, 0.29) is 25.5 Å². The van der Waals surface area contributed by atoms with Crippen molar-refractivity contribution in [1.29, 1.82) is 0 Å². The first-order valence-electron chi connectivity index (χ1n) is 9.51. The monoisotopic (exact) mass is 417 g/mol. The van der Waals surface area contributed by atoms with Crippen LogP contribution in [0, 0.1) is 5.92 Å². The second kappa shape index (κ2) is 12.5. The Morgan fingerprint density at radius 1 is 1.10 bits per heavy atom. The number of rotatable bonds is 11. The Balaban J connectivity index is 2.75. The molecule has 7 N–H and O–H groups in total.